The molecule has 4 aliphatic heterocycles. The third-order valence-corrected chi connectivity index (χ3v) is 6.99. The molecule has 3 saturated heterocycles. The molecular formula is C22H29N5O3. The van der Waals surface area contributed by atoms with Gasteiger partial charge in [0.1, 0.15) is 6.04 Å². The van der Waals surface area contributed by atoms with E-state index in [1.54, 1.807) is 4.90 Å². The predicted molar refractivity (Wildman–Crippen MR) is 111 cm³/mol. The summed E-state index contributed by atoms with van der Waals surface area (Å²) in [6.07, 6.45) is 1.92. The Morgan fingerprint density at radius 1 is 1.03 bits per heavy atom. The molecule has 3 amide bonds. The van der Waals surface area contributed by atoms with Crippen LogP contribution in [0.2, 0.25) is 0 Å². The number of fused-ring (bicyclic) bond motifs is 1. The van der Waals surface area contributed by atoms with Crippen molar-refractivity contribution >= 4 is 17.7 Å². The van der Waals surface area contributed by atoms with Crippen molar-refractivity contribution in [1.29, 1.82) is 0 Å². The van der Waals surface area contributed by atoms with Gasteiger partial charge in [0.2, 0.25) is 11.8 Å². The average molecular weight is 412 g/mol. The van der Waals surface area contributed by atoms with E-state index >= 15 is 0 Å². The number of piperidine rings is 1. The van der Waals surface area contributed by atoms with Gasteiger partial charge in [0.15, 0.2) is 0 Å². The molecule has 2 N–H and O–H groups in total. The lowest BCUT2D eigenvalue weighted by atomic mass is 10.0. The number of nitrogens with one attached hydrogen (secondary N) is 2. The van der Waals surface area contributed by atoms with E-state index in [1.165, 1.54) is 6.42 Å². The molecule has 0 spiro atoms. The summed E-state index contributed by atoms with van der Waals surface area (Å²) in [5.41, 5.74) is 2.78. The zero-order valence-electron chi connectivity index (χ0n) is 17.2. The third-order valence-electron chi connectivity index (χ3n) is 6.99. The molecule has 5 rings (SSSR count). The smallest absolute Gasteiger partial charge is 0.255 e. The van der Waals surface area contributed by atoms with Crippen molar-refractivity contribution in [3.8, 4) is 0 Å². The van der Waals surface area contributed by atoms with Crippen LogP contribution in [0.4, 0.5) is 0 Å². The van der Waals surface area contributed by atoms with E-state index in [4.69, 9.17) is 0 Å². The first kappa shape index (κ1) is 19.7. The van der Waals surface area contributed by atoms with Crippen molar-refractivity contribution in [3.63, 3.8) is 0 Å². The van der Waals surface area contributed by atoms with Crippen LogP contribution >= 0.6 is 0 Å². The SMILES string of the molecule is O=C1CCC(N2Cc3cccc(CN4CCN([C@H]5CCNC5)CC4)c3C2=O)C(=O)N1. The van der Waals surface area contributed by atoms with Gasteiger partial charge < -0.3 is 10.2 Å². The molecule has 1 aromatic carbocycles. The Kier molecular flexibility index (Phi) is 5.30. The van der Waals surface area contributed by atoms with Crippen LogP contribution in [0.5, 0.6) is 0 Å². The van der Waals surface area contributed by atoms with Crippen molar-refractivity contribution < 1.29 is 14.4 Å². The lowest BCUT2D eigenvalue weighted by molar-refractivity contribution is -0.136. The van der Waals surface area contributed by atoms with Crippen molar-refractivity contribution in [1.82, 2.24) is 25.3 Å². The topological polar surface area (TPSA) is 85.0 Å². The van der Waals surface area contributed by atoms with Crippen LogP contribution in [0.25, 0.3) is 0 Å². The van der Waals surface area contributed by atoms with E-state index in [-0.39, 0.29) is 24.1 Å². The van der Waals surface area contributed by atoms with Crippen LogP contribution in [-0.2, 0) is 22.7 Å². The third kappa shape index (κ3) is 3.64. The van der Waals surface area contributed by atoms with Gasteiger partial charge in [-0.05, 0) is 30.5 Å². The van der Waals surface area contributed by atoms with Gasteiger partial charge >= 0.3 is 0 Å². The second-order valence-electron chi connectivity index (χ2n) is 8.81. The molecule has 30 heavy (non-hydrogen) atoms. The molecule has 8 heteroatoms. The molecule has 160 valence electrons. The van der Waals surface area contributed by atoms with E-state index in [0.717, 1.165) is 62.5 Å². The normalized spacial score (nSPS) is 28.1. The number of hydrogen-bond acceptors (Lipinski definition) is 6. The minimum atomic E-state index is -0.556. The number of piperazine rings is 1. The molecule has 4 aliphatic rings. The van der Waals surface area contributed by atoms with E-state index in [0.29, 0.717) is 19.0 Å². The molecule has 0 aromatic heterocycles. The zero-order chi connectivity index (χ0) is 20.7. The lowest BCUT2D eigenvalue weighted by Gasteiger charge is -2.38. The number of benzene rings is 1. The first-order chi connectivity index (χ1) is 14.6. The summed E-state index contributed by atoms with van der Waals surface area (Å²) in [6, 6.07) is 6.14. The summed E-state index contributed by atoms with van der Waals surface area (Å²) in [6.45, 7) is 7.56. The number of imide groups is 1. The summed E-state index contributed by atoms with van der Waals surface area (Å²) in [5, 5.41) is 5.82. The second kappa shape index (κ2) is 8.09. The van der Waals surface area contributed by atoms with Gasteiger partial charge in [0, 0.05) is 63.8 Å². The Hall–Kier alpha value is -2.29. The molecule has 3 fully saturated rings. The first-order valence-corrected chi connectivity index (χ1v) is 11.0. The van der Waals surface area contributed by atoms with Crippen LogP contribution < -0.4 is 10.6 Å². The average Bonchev–Trinajstić information content (AvgIpc) is 3.38. The van der Waals surface area contributed by atoms with Crippen molar-refractivity contribution in [2.75, 3.05) is 39.3 Å². The Morgan fingerprint density at radius 3 is 2.60 bits per heavy atom. The Balaban J connectivity index is 1.26. The molecule has 0 radical (unpaired) electrons. The minimum absolute atomic E-state index is 0.0780. The largest absolute Gasteiger partial charge is 0.322 e. The van der Waals surface area contributed by atoms with E-state index in [9.17, 15) is 14.4 Å². The molecule has 0 aliphatic carbocycles. The summed E-state index contributed by atoms with van der Waals surface area (Å²) in [5.74, 6) is -0.689. The molecule has 0 saturated carbocycles. The van der Waals surface area contributed by atoms with Crippen LogP contribution in [0.15, 0.2) is 18.2 Å². The molecular weight excluding hydrogens is 382 g/mol. The van der Waals surface area contributed by atoms with Gasteiger partial charge in [-0.25, -0.2) is 0 Å². The highest BCUT2D eigenvalue weighted by Gasteiger charge is 2.40. The fourth-order valence-electron chi connectivity index (χ4n) is 5.30. The summed E-state index contributed by atoms with van der Waals surface area (Å²) < 4.78 is 0. The minimum Gasteiger partial charge on any atom is -0.322 e. The Morgan fingerprint density at radius 2 is 1.87 bits per heavy atom. The quantitative estimate of drug-likeness (QED) is 0.675. The number of hydrogen-bond donors (Lipinski definition) is 2. The molecule has 1 unspecified atom stereocenters. The number of nitrogens with zero attached hydrogens (tertiary/aromatic N) is 3. The fourth-order valence-corrected chi connectivity index (χ4v) is 5.30. The molecule has 1 aromatic rings. The van der Waals surface area contributed by atoms with Crippen molar-refractivity contribution in [3.05, 3.63) is 34.9 Å². The molecule has 0 bridgehead atoms. The van der Waals surface area contributed by atoms with E-state index in [1.807, 2.05) is 18.2 Å². The second-order valence-corrected chi connectivity index (χ2v) is 8.81. The van der Waals surface area contributed by atoms with E-state index < -0.39 is 6.04 Å². The standard InChI is InChI=1S/C22H29N5O3/c28-19-5-4-18(21(29)24-19)27-14-16-3-1-2-15(20(16)22(27)30)13-25-8-10-26(11-9-25)17-6-7-23-12-17/h1-3,17-18,23H,4-14H2,(H,24,28,29)/t17-,18?/m0/s1. The van der Waals surface area contributed by atoms with E-state index in [2.05, 4.69) is 20.4 Å². The number of carbonyl (C=O) groups is 3. The van der Waals surface area contributed by atoms with Gasteiger partial charge in [-0.2, -0.15) is 0 Å². The summed E-state index contributed by atoms with van der Waals surface area (Å²) >= 11 is 0. The number of amides is 3. The van der Waals surface area contributed by atoms with Gasteiger partial charge in [-0.1, -0.05) is 18.2 Å². The summed E-state index contributed by atoms with van der Waals surface area (Å²) in [7, 11) is 0. The van der Waals surface area contributed by atoms with Gasteiger partial charge in [0.25, 0.3) is 5.91 Å². The van der Waals surface area contributed by atoms with Gasteiger partial charge in [0.05, 0.1) is 0 Å². The predicted octanol–water partition coefficient (Wildman–Crippen LogP) is -0.0729. The summed E-state index contributed by atoms with van der Waals surface area (Å²) in [4.78, 5) is 43.6. The fraction of sp³-hybridized carbons (Fsp3) is 0.591. The van der Waals surface area contributed by atoms with Crippen LogP contribution in [0, 0.1) is 0 Å². The van der Waals surface area contributed by atoms with Gasteiger partial charge in [-0.15, -0.1) is 0 Å². The Labute approximate surface area is 176 Å². The van der Waals surface area contributed by atoms with Crippen LogP contribution in [0.3, 0.4) is 0 Å². The molecule has 4 heterocycles. The highest BCUT2D eigenvalue weighted by atomic mass is 16.2. The van der Waals surface area contributed by atoms with Crippen molar-refractivity contribution in [2.24, 2.45) is 0 Å². The zero-order valence-corrected chi connectivity index (χ0v) is 17.2. The lowest BCUT2D eigenvalue weighted by Crippen LogP contribution is -2.52. The highest BCUT2D eigenvalue weighted by Crippen LogP contribution is 2.30. The Bertz CT molecular complexity index is 858. The maximum atomic E-state index is 13.2. The van der Waals surface area contributed by atoms with Crippen LogP contribution in [0.1, 0.15) is 40.7 Å². The maximum absolute atomic E-state index is 13.2. The highest BCUT2D eigenvalue weighted by molar-refractivity contribution is 6.05. The van der Waals surface area contributed by atoms with Crippen LogP contribution in [-0.4, -0.2) is 83.8 Å². The molecule has 8 nitrogen and oxygen atoms in total. The maximum Gasteiger partial charge on any atom is 0.255 e. The molecule has 2 atom stereocenters. The number of carbonyl (C=O) groups excluding carboxylic acids is 3. The number of rotatable bonds is 4. The van der Waals surface area contributed by atoms with Gasteiger partial charge in [-0.3, -0.25) is 29.5 Å². The monoisotopic (exact) mass is 411 g/mol. The van der Waals surface area contributed by atoms with Crippen molar-refractivity contribution in [2.45, 2.75) is 44.4 Å². The first-order valence-electron chi connectivity index (χ1n) is 11.0.